The van der Waals surface area contributed by atoms with Crippen molar-refractivity contribution in [2.75, 3.05) is 20.8 Å². The number of ether oxygens (including phenoxy) is 2. The molecule has 20 heavy (non-hydrogen) atoms. The Kier molecular flexibility index (Phi) is 5.71. The fourth-order valence-electron chi connectivity index (χ4n) is 1.96. The summed E-state index contributed by atoms with van der Waals surface area (Å²) in [6, 6.07) is 5.98. The van der Waals surface area contributed by atoms with Gasteiger partial charge in [0.2, 0.25) is 0 Å². The van der Waals surface area contributed by atoms with Gasteiger partial charge in [0.25, 0.3) is 0 Å². The van der Waals surface area contributed by atoms with Crippen molar-refractivity contribution in [1.82, 2.24) is 5.32 Å². The Hall–Kier alpha value is -1.23. The first-order valence-electron chi connectivity index (χ1n) is 6.37. The third-order valence-electron chi connectivity index (χ3n) is 3.05. The molecule has 1 aromatic heterocycles. The lowest BCUT2D eigenvalue weighted by Gasteiger charge is -2.13. The molecule has 0 aliphatic carbocycles. The summed E-state index contributed by atoms with van der Waals surface area (Å²) < 4.78 is 10.5. The van der Waals surface area contributed by atoms with Crippen molar-refractivity contribution >= 4 is 22.9 Å². The number of benzene rings is 1. The molecule has 0 amide bonds. The second-order valence-corrected chi connectivity index (χ2v) is 5.49. The zero-order valence-electron chi connectivity index (χ0n) is 11.6. The maximum Gasteiger partial charge on any atom is 0.179 e. The summed E-state index contributed by atoms with van der Waals surface area (Å²) in [5, 5.41) is 8.27. The zero-order valence-corrected chi connectivity index (χ0v) is 13.2. The standard InChI is InChI=1S/C15H18ClNO2S/c1-18-13-4-3-12(14(16)15(13)19-2)9-17-7-5-11-6-8-20-10-11/h3-4,6,8,10,17H,5,7,9H2,1-2H3. The molecule has 2 aromatic rings. The quantitative estimate of drug-likeness (QED) is 0.790. The van der Waals surface area contributed by atoms with Crippen LogP contribution in [0.4, 0.5) is 0 Å². The van der Waals surface area contributed by atoms with E-state index in [0.717, 1.165) is 18.5 Å². The van der Waals surface area contributed by atoms with Gasteiger partial charge in [0.05, 0.1) is 19.2 Å². The van der Waals surface area contributed by atoms with Crippen LogP contribution in [0.25, 0.3) is 0 Å². The van der Waals surface area contributed by atoms with E-state index in [1.54, 1.807) is 25.6 Å². The van der Waals surface area contributed by atoms with E-state index < -0.39 is 0 Å². The van der Waals surface area contributed by atoms with Gasteiger partial charge in [-0.15, -0.1) is 0 Å². The molecule has 0 radical (unpaired) electrons. The first kappa shape index (κ1) is 15.2. The van der Waals surface area contributed by atoms with Crippen molar-refractivity contribution in [3.8, 4) is 11.5 Å². The maximum absolute atomic E-state index is 6.33. The molecule has 0 aliphatic rings. The van der Waals surface area contributed by atoms with Gasteiger partial charge in [-0.25, -0.2) is 0 Å². The second kappa shape index (κ2) is 7.53. The summed E-state index contributed by atoms with van der Waals surface area (Å²) >= 11 is 8.05. The molecule has 0 atom stereocenters. The number of hydrogen-bond donors (Lipinski definition) is 1. The van der Waals surface area contributed by atoms with Crippen LogP contribution in [-0.4, -0.2) is 20.8 Å². The minimum absolute atomic E-state index is 0.589. The van der Waals surface area contributed by atoms with Crippen LogP contribution in [0.3, 0.4) is 0 Å². The zero-order chi connectivity index (χ0) is 14.4. The topological polar surface area (TPSA) is 30.5 Å². The van der Waals surface area contributed by atoms with Crippen LogP contribution in [0.5, 0.6) is 11.5 Å². The van der Waals surface area contributed by atoms with E-state index in [0.29, 0.717) is 23.1 Å². The number of rotatable bonds is 7. The summed E-state index contributed by atoms with van der Waals surface area (Å²) in [5.41, 5.74) is 2.37. The van der Waals surface area contributed by atoms with Gasteiger partial charge in [0.15, 0.2) is 11.5 Å². The predicted octanol–water partition coefficient (Wildman–Crippen LogP) is 3.75. The molecule has 0 spiro atoms. The van der Waals surface area contributed by atoms with Crippen molar-refractivity contribution in [3.63, 3.8) is 0 Å². The van der Waals surface area contributed by atoms with E-state index in [1.165, 1.54) is 5.56 Å². The maximum atomic E-state index is 6.33. The minimum atomic E-state index is 0.589. The number of thiophene rings is 1. The van der Waals surface area contributed by atoms with Gasteiger partial charge >= 0.3 is 0 Å². The first-order chi connectivity index (χ1) is 9.76. The van der Waals surface area contributed by atoms with E-state index in [2.05, 4.69) is 22.1 Å². The number of methoxy groups -OCH3 is 2. The smallest absolute Gasteiger partial charge is 0.179 e. The predicted molar refractivity (Wildman–Crippen MR) is 84.3 cm³/mol. The van der Waals surface area contributed by atoms with Gasteiger partial charge in [-0.05, 0) is 47.0 Å². The molecule has 0 fully saturated rings. The molecule has 0 aliphatic heterocycles. The van der Waals surface area contributed by atoms with Gasteiger partial charge in [0, 0.05) is 6.54 Å². The van der Waals surface area contributed by atoms with Gasteiger partial charge in [-0.2, -0.15) is 11.3 Å². The van der Waals surface area contributed by atoms with Crippen molar-refractivity contribution in [1.29, 1.82) is 0 Å². The number of hydrogen-bond acceptors (Lipinski definition) is 4. The lowest BCUT2D eigenvalue weighted by Crippen LogP contribution is -2.16. The Morgan fingerprint density at radius 2 is 2.05 bits per heavy atom. The third kappa shape index (κ3) is 3.66. The molecule has 1 N–H and O–H groups in total. The molecule has 1 aromatic carbocycles. The Morgan fingerprint density at radius 1 is 1.20 bits per heavy atom. The fraction of sp³-hybridized carbons (Fsp3) is 0.333. The Bertz CT molecular complexity index is 543. The van der Waals surface area contributed by atoms with Crippen molar-refractivity contribution in [2.24, 2.45) is 0 Å². The van der Waals surface area contributed by atoms with Gasteiger partial charge < -0.3 is 14.8 Å². The average Bonchev–Trinajstić information content (AvgIpc) is 2.97. The van der Waals surface area contributed by atoms with Crippen LogP contribution >= 0.6 is 22.9 Å². The van der Waals surface area contributed by atoms with E-state index in [1.807, 2.05) is 12.1 Å². The van der Waals surface area contributed by atoms with Crippen LogP contribution in [-0.2, 0) is 13.0 Å². The van der Waals surface area contributed by atoms with Crippen LogP contribution in [0.1, 0.15) is 11.1 Å². The fourth-order valence-corrected chi connectivity index (χ4v) is 2.96. The lowest BCUT2D eigenvalue weighted by molar-refractivity contribution is 0.354. The lowest BCUT2D eigenvalue weighted by atomic mass is 10.2. The normalized spacial score (nSPS) is 10.6. The number of halogens is 1. The second-order valence-electron chi connectivity index (χ2n) is 4.33. The molecule has 0 saturated heterocycles. The largest absolute Gasteiger partial charge is 0.493 e. The van der Waals surface area contributed by atoms with Crippen LogP contribution in [0.2, 0.25) is 5.02 Å². The molecular weight excluding hydrogens is 294 g/mol. The molecule has 2 rings (SSSR count). The molecule has 1 heterocycles. The summed E-state index contributed by atoms with van der Waals surface area (Å²) in [7, 11) is 3.20. The van der Waals surface area contributed by atoms with E-state index in [4.69, 9.17) is 21.1 Å². The van der Waals surface area contributed by atoms with Crippen molar-refractivity contribution in [2.45, 2.75) is 13.0 Å². The highest BCUT2D eigenvalue weighted by atomic mass is 35.5. The monoisotopic (exact) mass is 311 g/mol. The Morgan fingerprint density at radius 3 is 2.70 bits per heavy atom. The summed E-state index contributed by atoms with van der Waals surface area (Å²) in [4.78, 5) is 0. The first-order valence-corrected chi connectivity index (χ1v) is 7.69. The highest BCUT2D eigenvalue weighted by molar-refractivity contribution is 7.07. The van der Waals surface area contributed by atoms with E-state index in [-0.39, 0.29) is 0 Å². The average molecular weight is 312 g/mol. The van der Waals surface area contributed by atoms with Crippen LogP contribution < -0.4 is 14.8 Å². The Labute approximate surface area is 128 Å². The molecule has 5 heteroatoms. The van der Waals surface area contributed by atoms with Crippen molar-refractivity contribution in [3.05, 3.63) is 45.1 Å². The van der Waals surface area contributed by atoms with E-state index in [9.17, 15) is 0 Å². The highest BCUT2D eigenvalue weighted by Gasteiger charge is 2.12. The van der Waals surface area contributed by atoms with Crippen LogP contribution in [0, 0.1) is 0 Å². The van der Waals surface area contributed by atoms with Crippen LogP contribution in [0.15, 0.2) is 29.0 Å². The molecule has 3 nitrogen and oxygen atoms in total. The summed E-state index contributed by atoms with van der Waals surface area (Å²) in [5.74, 6) is 1.24. The molecule has 0 bridgehead atoms. The molecular formula is C15H18ClNO2S. The molecule has 0 saturated carbocycles. The Balaban J connectivity index is 1.92. The minimum Gasteiger partial charge on any atom is -0.493 e. The third-order valence-corrected chi connectivity index (χ3v) is 4.20. The molecule has 108 valence electrons. The van der Waals surface area contributed by atoms with Gasteiger partial charge in [-0.3, -0.25) is 0 Å². The SMILES string of the molecule is COc1ccc(CNCCc2ccsc2)c(Cl)c1OC. The summed E-state index contributed by atoms with van der Waals surface area (Å²) in [6.45, 7) is 1.63. The highest BCUT2D eigenvalue weighted by Crippen LogP contribution is 2.37. The number of nitrogens with one attached hydrogen (secondary N) is 1. The molecule has 0 unspecified atom stereocenters. The van der Waals surface area contributed by atoms with Gasteiger partial charge in [0.1, 0.15) is 0 Å². The van der Waals surface area contributed by atoms with Crippen molar-refractivity contribution < 1.29 is 9.47 Å². The van der Waals surface area contributed by atoms with E-state index >= 15 is 0 Å². The summed E-state index contributed by atoms with van der Waals surface area (Å²) in [6.07, 6.45) is 1.02. The van der Waals surface area contributed by atoms with Gasteiger partial charge in [-0.1, -0.05) is 17.7 Å².